The molecule has 21 heavy (non-hydrogen) atoms. The Hall–Kier alpha value is -1.11. The molecule has 1 aromatic rings. The van der Waals surface area contributed by atoms with E-state index >= 15 is 0 Å². The lowest BCUT2D eigenvalue weighted by molar-refractivity contribution is 0.0688. The average Bonchev–Trinajstić information content (AvgIpc) is 2.75. The number of hydrogen-bond donors (Lipinski definition) is 1. The molecule has 1 aliphatic rings. The minimum absolute atomic E-state index is 0.160. The van der Waals surface area contributed by atoms with Gasteiger partial charge in [-0.05, 0) is 32.2 Å². The van der Waals surface area contributed by atoms with E-state index in [1.54, 1.807) is 18.9 Å². The van der Waals surface area contributed by atoms with Crippen molar-refractivity contribution >= 4 is 0 Å². The van der Waals surface area contributed by atoms with Gasteiger partial charge in [-0.15, -0.1) is 0 Å². The fraction of sp³-hybridized carbons (Fsp3) is 0.800. The van der Waals surface area contributed by atoms with Crippen LogP contribution in [0.25, 0.3) is 0 Å². The summed E-state index contributed by atoms with van der Waals surface area (Å²) >= 11 is 0. The lowest BCUT2D eigenvalue weighted by atomic mass is 9.95. The molecule has 1 aliphatic heterocycles. The maximum Gasteiger partial charge on any atom is 0.216 e. The molecule has 0 radical (unpaired) electrons. The zero-order chi connectivity index (χ0) is 15.4. The molecule has 0 aromatic carbocycles. The van der Waals surface area contributed by atoms with E-state index in [-0.39, 0.29) is 6.04 Å². The topological polar surface area (TPSA) is 65.5 Å². The van der Waals surface area contributed by atoms with Crippen LogP contribution in [0.3, 0.4) is 0 Å². The van der Waals surface area contributed by atoms with Crippen LogP contribution < -0.4 is 10.5 Å². The molecule has 0 aliphatic carbocycles. The molecule has 2 heterocycles. The van der Waals surface area contributed by atoms with Crippen LogP contribution in [0.5, 0.6) is 5.88 Å². The Bertz CT molecular complexity index is 459. The first-order valence-electron chi connectivity index (χ1n) is 7.62. The summed E-state index contributed by atoms with van der Waals surface area (Å²) in [7, 11) is 5.37. The molecule has 0 saturated carbocycles. The van der Waals surface area contributed by atoms with Crippen LogP contribution in [-0.2, 0) is 11.8 Å². The molecule has 6 nitrogen and oxygen atoms in total. The molecule has 6 heteroatoms. The number of aryl methyl sites for hydroxylation is 2. The Balaban J connectivity index is 2.23. The number of aromatic nitrogens is 2. The Morgan fingerprint density at radius 3 is 2.81 bits per heavy atom. The molecule has 2 atom stereocenters. The number of hydrogen-bond acceptors (Lipinski definition) is 5. The lowest BCUT2D eigenvalue weighted by Crippen LogP contribution is -2.42. The van der Waals surface area contributed by atoms with Crippen molar-refractivity contribution in [3.63, 3.8) is 0 Å². The van der Waals surface area contributed by atoms with Gasteiger partial charge in [0.15, 0.2) is 0 Å². The van der Waals surface area contributed by atoms with Gasteiger partial charge < -0.3 is 15.2 Å². The third kappa shape index (κ3) is 3.39. The first kappa shape index (κ1) is 16.3. The number of nitrogens with two attached hydrogens (primary N) is 1. The van der Waals surface area contributed by atoms with Crippen molar-refractivity contribution in [2.24, 2.45) is 18.7 Å². The van der Waals surface area contributed by atoms with Crippen molar-refractivity contribution in [3.05, 3.63) is 11.3 Å². The molecule has 1 aromatic heterocycles. The van der Waals surface area contributed by atoms with Crippen molar-refractivity contribution in [3.8, 4) is 5.88 Å². The minimum atomic E-state index is 0.160. The second-order valence-electron chi connectivity index (χ2n) is 5.84. The molecule has 2 unspecified atom stereocenters. The van der Waals surface area contributed by atoms with Gasteiger partial charge >= 0.3 is 0 Å². The van der Waals surface area contributed by atoms with E-state index in [2.05, 4.69) is 10.00 Å². The van der Waals surface area contributed by atoms with E-state index in [1.165, 1.54) is 12.8 Å². The predicted octanol–water partition coefficient (Wildman–Crippen LogP) is 1.10. The molecule has 2 N–H and O–H groups in total. The van der Waals surface area contributed by atoms with Gasteiger partial charge in [0.05, 0.1) is 31.0 Å². The van der Waals surface area contributed by atoms with Crippen molar-refractivity contribution < 1.29 is 9.47 Å². The molecular formula is C15H28N4O2. The summed E-state index contributed by atoms with van der Waals surface area (Å²) in [6, 6.07) is 0.160. The number of ether oxygens (including phenoxy) is 2. The monoisotopic (exact) mass is 296 g/mol. The molecule has 0 amide bonds. The Labute approximate surface area is 127 Å². The molecule has 2 rings (SSSR count). The first-order chi connectivity index (χ1) is 10.1. The fourth-order valence-electron chi connectivity index (χ4n) is 3.48. The summed E-state index contributed by atoms with van der Waals surface area (Å²) in [5.74, 6) is 1.40. The third-order valence-electron chi connectivity index (χ3n) is 4.36. The second-order valence-corrected chi connectivity index (χ2v) is 5.84. The number of methoxy groups -OCH3 is 2. The van der Waals surface area contributed by atoms with Gasteiger partial charge in [0.2, 0.25) is 5.88 Å². The number of nitrogens with zero attached hydrogens (tertiary/aromatic N) is 3. The maximum atomic E-state index is 6.09. The highest BCUT2D eigenvalue weighted by Gasteiger charge is 2.31. The largest absolute Gasteiger partial charge is 0.481 e. The van der Waals surface area contributed by atoms with Crippen molar-refractivity contribution in [1.29, 1.82) is 0 Å². The summed E-state index contributed by atoms with van der Waals surface area (Å²) < 4.78 is 12.7. The highest BCUT2D eigenvalue weighted by atomic mass is 16.5. The SMILES string of the molecule is COCC1CCCN(C(CN)c2c(C)nn(C)c2OC)C1. The Morgan fingerprint density at radius 1 is 1.43 bits per heavy atom. The first-order valence-corrected chi connectivity index (χ1v) is 7.62. The summed E-state index contributed by atoms with van der Waals surface area (Å²) in [4.78, 5) is 2.46. The average molecular weight is 296 g/mol. The summed E-state index contributed by atoms with van der Waals surface area (Å²) in [5.41, 5.74) is 8.22. The van der Waals surface area contributed by atoms with Gasteiger partial charge in [-0.3, -0.25) is 4.90 Å². The molecule has 0 spiro atoms. The fourth-order valence-corrected chi connectivity index (χ4v) is 3.48. The summed E-state index contributed by atoms with van der Waals surface area (Å²) in [6.45, 7) is 5.50. The van der Waals surface area contributed by atoms with E-state index in [1.807, 2.05) is 14.0 Å². The molecule has 120 valence electrons. The van der Waals surface area contributed by atoms with Gasteiger partial charge in [0.1, 0.15) is 0 Å². The minimum Gasteiger partial charge on any atom is -0.481 e. The molecule has 1 fully saturated rings. The van der Waals surface area contributed by atoms with Gasteiger partial charge in [0, 0.05) is 27.2 Å². The lowest BCUT2D eigenvalue weighted by Gasteiger charge is -2.37. The van der Waals surface area contributed by atoms with Crippen LogP contribution in [-0.4, -0.2) is 55.1 Å². The van der Waals surface area contributed by atoms with E-state index in [0.29, 0.717) is 12.5 Å². The summed E-state index contributed by atoms with van der Waals surface area (Å²) in [6.07, 6.45) is 2.41. The standard InChI is InChI=1S/C15H28N4O2/c1-11-14(15(21-4)18(2)17-11)13(8-16)19-7-5-6-12(9-19)10-20-3/h12-13H,5-10,16H2,1-4H3. The van der Waals surface area contributed by atoms with E-state index < -0.39 is 0 Å². The third-order valence-corrected chi connectivity index (χ3v) is 4.36. The highest BCUT2D eigenvalue weighted by Crippen LogP contribution is 2.33. The van der Waals surface area contributed by atoms with Crippen LogP contribution in [0.4, 0.5) is 0 Å². The smallest absolute Gasteiger partial charge is 0.216 e. The van der Waals surface area contributed by atoms with Crippen LogP contribution in [0.2, 0.25) is 0 Å². The van der Waals surface area contributed by atoms with E-state index in [0.717, 1.165) is 36.8 Å². The van der Waals surface area contributed by atoms with E-state index in [4.69, 9.17) is 15.2 Å². The van der Waals surface area contributed by atoms with Gasteiger partial charge in [-0.1, -0.05) is 0 Å². The number of piperidine rings is 1. The molecule has 0 bridgehead atoms. The number of rotatable bonds is 6. The van der Waals surface area contributed by atoms with Crippen molar-refractivity contribution in [1.82, 2.24) is 14.7 Å². The Morgan fingerprint density at radius 2 is 2.19 bits per heavy atom. The zero-order valence-electron chi connectivity index (χ0n) is 13.6. The van der Waals surface area contributed by atoms with Crippen LogP contribution in [0.15, 0.2) is 0 Å². The maximum absolute atomic E-state index is 6.09. The summed E-state index contributed by atoms with van der Waals surface area (Å²) in [5, 5.41) is 4.49. The van der Waals surface area contributed by atoms with Crippen molar-refractivity contribution in [2.75, 3.05) is 40.5 Å². The van der Waals surface area contributed by atoms with Crippen LogP contribution in [0, 0.1) is 12.8 Å². The van der Waals surface area contributed by atoms with Gasteiger partial charge in [-0.2, -0.15) is 5.10 Å². The quantitative estimate of drug-likeness (QED) is 0.851. The molecular weight excluding hydrogens is 268 g/mol. The second kappa shape index (κ2) is 7.24. The van der Waals surface area contributed by atoms with Crippen LogP contribution in [0.1, 0.15) is 30.1 Å². The zero-order valence-corrected chi connectivity index (χ0v) is 13.6. The van der Waals surface area contributed by atoms with Gasteiger partial charge in [0.25, 0.3) is 0 Å². The Kier molecular flexibility index (Phi) is 5.61. The van der Waals surface area contributed by atoms with Crippen molar-refractivity contribution in [2.45, 2.75) is 25.8 Å². The van der Waals surface area contributed by atoms with Crippen LogP contribution >= 0.6 is 0 Å². The van der Waals surface area contributed by atoms with E-state index in [9.17, 15) is 0 Å². The van der Waals surface area contributed by atoms with Gasteiger partial charge in [-0.25, -0.2) is 4.68 Å². The molecule has 1 saturated heterocycles. The predicted molar refractivity (Wildman–Crippen MR) is 82.5 cm³/mol. The highest BCUT2D eigenvalue weighted by molar-refractivity contribution is 5.34. The number of likely N-dealkylation sites (tertiary alicyclic amines) is 1. The normalized spacial score (nSPS) is 21.5.